The van der Waals surface area contributed by atoms with Crippen LogP contribution in [0, 0.1) is 29.6 Å². The molecule has 40 heavy (non-hydrogen) atoms. The molecule has 7 rings (SSSR count). The molecule has 4 heterocycles. The fourth-order valence-corrected chi connectivity index (χ4v) is 6.16. The van der Waals surface area contributed by atoms with Crippen molar-refractivity contribution in [3.8, 4) is 34.5 Å². The van der Waals surface area contributed by atoms with Crippen LogP contribution in [0.5, 0.6) is 11.5 Å². The summed E-state index contributed by atoms with van der Waals surface area (Å²) in [6.07, 6.45) is 3.78. The third-order valence-corrected chi connectivity index (χ3v) is 8.24. The van der Waals surface area contributed by atoms with Crippen molar-refractivity contribution >= 4 is 22.8 Å². The number of anilines is 1. The summed E-state index contributed by atoms with van der Waals surface area (Å²) in [5.74, 6) is 10.1. The number of aromatic nitrogens is 3. The van der Waals surface area contributed by atoms with E-state index in [9.17, 15) is 4.79 Å². The Morgan fingerprint density at radius 1 is 1.07 bits per heavy atom. The van der Waals surface area contributed by atoms with Crippen molar-refractivity contribution < 1.29 is 14.3 Å². The lowest BCUT2D eigenvalue weighted by Gasteiger charge is -2.16. The minimum absolute atomic E-state index is 0.00343. The molecule has 0 spiro atoms. The van der Waals surface area contributed by atoms with E-state index in [0.717, 1.165) is 58.9 Å². The second kappa shape index (κ2) is 9.85. The Morgan fingerprint density at radius 3 is 2.52 bits per heavy atom. The zero-order chi connectivity index (χ0) is 27.2. The molecule has 4 atom stereocenters. The largest absolute Gasteiger partial charge is 0.457 e. The number of nitrogens with zero attached hydrogens (tertiary/aromatic N) is 4. The minimum Gasteiger partial charge on any atom is -0.457 e. The van der Waals surface area contributed by atoms with Gasteiger partial charge >= 0.3 is 0 Å². The van der Waals surface area contributed by atoms with Crippen molar-refractivity contribution in [3.63, 3.8) is 0 Å². The quantitative estimate of drug-likeness (QED) is 0.297. The Morgan fingerprint density at radius 2 is 1.82 bits per heavy atom. The molecule has 2 saturated heterocycles. The van der Waals surface area contributed by atoms with Gasteiger partial charge in [0.2, 0.25) is 5.91 Å². The molecule has 8 heteroatoms. The van der Waals surface area contributed by atoms with Crippen LogP contribution in [0.3, 0.4) is 0 Å². The van der Waals surface area contributed by atoms with Gasteiger partial charge in [0, 0.05) is 31.2 Å². The van der Waals surface area contributed by atoms with Crippen LogP contribution >= 0.6 is 0 Å². The second-order valence-electron chi connectivity index (χ2n) is 10.6. The van der Waals surface area contributed by atoms with Gasteiger partial charge < -0.3 is 24.7 Å². The number of ether oxygens (including phenoxy) is 2. The lowest BCUT2D eigenvalue weighted by Crippen LogP contribution is -2.29. The summed E-state index contributed by atoms with van der Waals surface area (Å²) in [6.45, 7) is 6.39. The summed E-state index contributed by atoms with van der Waals surface area (Å²) in [5, 5.41) is 0.800. The minimum atomic E-state index is -0.00343. The molecule has 8 nitrogen and oxygen atoms in total. The van der Waals surface area contributed by atoms with Crippen molar-refractivity contribution in [2.75, 3.05) is 32.0 Å². The maximum Gasteiger partial charge on any atom is 0.245 e. The first-order valence-electron chi connectivity index (χ1n) is 13.6. The number of para-hydroxylation sites is 1. The van der Waals surface area contributed by atoms with Gasteiger partial charge in [-0.15, -0.1) is 0 Å². The van der Waals surface area contributed by atoms with Crippen molar-refractivity contribution in [3.05, 3.63) is 79.3 Å². The highest BCUT2D eigenvalue weighted by Crippen LogP contribution is 2.51. The molecule has 4 aromatic rings. The summed E-state index contributed by atoms with van der Waals surface area (Å²) >= 11 is 0. The van der Waals surface area contributed by atoms with Crippen LogP contribution in [0.15, 0.2) is 73.6 Å². The van der Waals surface area contributed by atoms with Crippen LogP contribution in [0.4, 0.5) is 5.82 Å². The molecular weight excluding hydrogens is 502 g/mol. The van der Waals surface area contributed by atoms with E-state index in [1.807, 2.05) is 59.5 Å². The smallest absolute Gasteiger partial charge is 0.245 e. The van der Waals surface area contributed by atoms with Gasteiger partial charge in [-0.3, -0.25) is 4.79 Å². The number of hydrogen-bond donors (Lipinski definition) is 1. The number of rotatable bonds is 5. The van der Waals surface area contributed by atoms with Crippen molar-refractivity contribution in [1.29, 1.82) is 0 Å². The van der Waals surface area contributed by atoms with Crippen LogP contribution in [-0.4, -0.2) is 51.6 Å². The second-order valence-corrected chi connectivity index (χ2v) is 10.6. The summed E-state index contributed by atoms with van der Waals surface area (Å²) in [5.41, 5.74) is 10.0. The molecule has 1 amide bonds. The van der Waals surface area contributed by atoms with E-state index < -0.39 is 0 Å². The Bertz CT molecular complexity index is 1650. The van der Waals surface area contributed by atoms with E-state index in [4.69, 9.17) is 15.2 Å². The van der Waals surface area contributed by atoms with E-state index in [-0.39, 0.29) is 17.9 Å². The lowest BCUT2D eigenvalue weighted by atomic mass is 10.0. The van der Waals surface area contributed by atoms with Gasteiger partial charge in [-0.05, 0) is 60.1 Å². The summed E-state index contributed by atoms with van der Waals surface area (Å²) in [6, 6.07) is 17.8. The van der Waals surface area contributed by atoms with Crippen LogP contribution < -0.4 is 10.5 Å². The predicted octanol–water partition coefficient (Wildman–Crippen LogP) is 4.68. The maximum absolute atomic E-state index is 12.0. The Kier molecular flexibility index (Phi) is 6.02. The van der Waals surface area contributed by atoms with Gasteiger partial charge in [0.05, 0.1) is 18.0 Å². The molecule has 1 saturated carbocycles. The fraction of sp³-hybridized carbons (Fsp3) is 0.281. The summed E-state index contributed by atoms with van der Waals surface area (Å²) in [7, 11) is 0. The molecule has 3 aliphatic rings. The van der Waals surface area contributed by atoms with Crippen molar-refractivity contribution in [2.24, 2.45) is 17.8 Å². The first kappa shape index (κ1) is 24.4. The van der Waals surface area contributed by atoms with Gasteiger partial charge in [-0.2, -0.15) is 0 Å². The number of benzene rings is 2. The molecule has 2 aliphatic heterocycles. The molecule has 0 bridgehead atoms. The Hall–Kier alpha value is -4.61. The molecule has 2 aromatic heterocycles. The third kappa shape index (κ3) is 4.19. The zero-order valence-electron chi connectivity index (χ0n) is 22.0. The molecule has 200 valence electrons. The SMILES string of the molecule is C=CC(=O)N1C[C@@H]2[C@@H](C#Cc3c(-c4ccc(Oc5ccccc5)cc4)c4c(N)ncnc4n3C3CCOC3)[C@@H]2C1. The zero-order valence-corrected chi connectivity index (χ0v) is 22.0. The van der Waals surface area contributed by atoms with E-state index in [2.05, 4.69) is 33.0 Å². The number of carbonyl (C=O) groups excluding carboxylic acids is 1. The number of hydrogen-bond acceptors (Lipinski definition) is 6. The third-order valence-electron chi connectivity index (χ3n) is 8.24. The monoisotopic (exact) mass is 531 g/mol. The fourth-order valence-electron chi connectivity index (χ4n) is 6.16. The maximum atomic E-state index is 12.0. The topological polar surface area (TPSA) is 95.5 Å². The molecule has 1 unspecified atom stereocenters. The number of likely N-dealkylation sites (tertiary alicyclic amines) is 1. The standard InChI is InChI=1S/C32H29N5O3/c1-2-28(38)36-16-25-24(26(25)17-36)12-13-27-29(20-8-10-23(11-9-20)40-22-6-4-3-5-7-22)30-31(33)34-19-35-32(30)37(27)21-14-15-39-18-21/h2-11,19,21,24-26H,1,14-18H2,(H2,33,34,35)/t21?,24-,25-,26+. The van der Waals surface area contributed by atoms with Gasteiger partial charge in [-0.1, -0.05) is 42.8 Å². The van der Waals surface area contributed by atoms with Gasteiger partial charge in [-0.25, -0.2) is 9.97 Å². The number of piperidine rings is 1. The number of nitrogen functional groups attached to an aromatic ring is 1. The number of nitrogens with two attached hydrogens (primary N) is 1. The highest BCUT2D eigenvalue weighted by molar-refractivity contribution is 6.03. The average Bonchev–Trinajstić information content (AvgIpc) is 3.44. The van der Waals surface area contributed by atoms with Crippen LogP contribution in [0.1, 0.15) is 18.2 Å². The normalized spacial score (nSPS) is 22.9. The van der Waals surface area contributed by atoms with Gasteiger partial charge in [0.25, 0.3) is 0 Å². The number of amides is 1. The van der Waals surface area contributed by atoms with E-state index in [0.29, 0.717) is 30.9 Å². The molecule has 2 N–H and O–H groups in total. The Balaban J connectivity index is 1.29. The number of fused-ring (bicyclic) bond motifs is 2. The van der Waals surface area contributed by atoms with Crippen molar-refractivity contribution in [1.82, 2.24) is 19.4 Å². The molecule has 0 radical (unpaired) electrons. The Labute approximate surface area is 232 Å². The van der Waals surface area contributed by atoms with E-state index in [1.54, 1.807) is 0 Å². The molecule has 1 aliphatic carbocycles. The molecule has 2 aromatic carbocycles. The van der Waals surface area contributed by atoms with E-state index >= 15 is 0 Å². The highest BCUT2D eigenvalue weighted by atomic mass is 16.5. The highest BCUT2D eigenvalue weighted by Gasteiger charge is 2.55. The van der Waals surface area contributed by atoms with Crippen molar-refractivity contribution in [2.45, 2.75) is 12.5 Å². The summed E-state index contributed by atoms with van der Waals surface area (Å²) in [4.78, 5) is 22.9. The lowest BCUT2D eigenvalue weighted by molar-refractivity contribution is -0.125. The first-order chi connectivity index (χ1) is 19.6. The van der Waals surface area contributed by atoms with Crippen LogP contribution in [0.2, 0.25) is 0 Å². The van der Waals surface area contributed by atoms with Gasteiger partial charge in [0.1, 0.15) is 35.0 Å². The first-order valence-corrected chi connectivity index (χ1v) is 13.6. The van der Waals surface area contributed by atoms with Crippen LogP contribution in [0.25, 0.3) is 22.2 Å². The average molecular weight is 532 g/mol. The molecular formula is C32H29N5O3. The van der Waals surface area contributed by atoms with E-state index in [1.165, 1.54) is 12.4 Å². The van der Waals surface area contributed by atoms with Gasteiger partial charge in [0.15, 0.2) is 0 Å². The predicted molar refractivity (Wildman–Crippen MR) is 152 cm³/mol. The molecule has 3 fully saturated rings. The number of carbonyl (C=O) groups is 1. The van der Waals surface area contributed by atoms with Crippen LogP contribution in [-0.2, 0) is 9.53 Å². The summed E-state index contributed by atoms with van der Waals surface area (Å²) < 4.78 is 14.0.